The molecule has 2 heterocycles. The Morgan fingerprint density at radius 1 is 1.13 bits per heavy atom. The highest BCUT2D eigenvalue weighted by Crippen LogP contribution is 2.35. The van der Waals surface area contributed by atoms with Gasteiger partial charge in [0.25, 0.3) is 5.91 Å². The van der Waals surface area contributed by atoms with E-state index >= 15 is 0 Å². The van der Waals surface area contributed by atoms with Crippen LogP contribution in [0.15, 0.2) is 34.9 Å². The van der Waals surface area contributed by atoms with Gasteiger partial charge in [0, 0.05) is 24.1 Å². The van der Waals surface area contributed by atoms with Crippen LogP contribution in [0.4, 0.5) is 0 Å². The Labute approximate surface area is 174 Å². The van der Waals surface area contributed by atoms with Crippen LogP contribution in [0.5, 0.6) is 11.5 Å². The van der Waals surface area contributed by atoms with Gasteiger partial charge in [0.05, 0.1) is 26.0 Å². The second kappa shape index (κ2) is 9.82. The van der Waals surface area contributed by atoms with E-state index in [9.17, 15) is 14.4 Å². The van der Waals surface area contributed by atoms with Crippen LogP contribution in [0.1, 0.15) is 35.5 Å². The van der Waals surface area contributed by atoms with E-state index in [1.165, 1.54) is 12.3 Å². The topological polar surface area (TPSA) is 119 Å². The van der Waals surface area contributed by atoms with Gasteiger partial charge in [0.1, 0.15) is 17.6 Å². The van der Waals surface area contributed by atoms with Gasteiger partial charge in [-0.3, -0.25) is 14.4 Å². The second-order valence-electron chi connectivity index (χ2n) is 6.85. The van der Waals surface area contributed by atoms with E-state index < -0.39 is 11.8 Å². The number of amides is 3. The Bertz CT molecular complexity index is 910. The third kappa shape index (κ3) is 5.53. The molecule has 0 fully saturated rings. The molecule has 0 saturated heterocycles. The quantitative estimate of drug-likeness (QED) is 0.566. The Kier molecular flexibility index (Phi) is 6.95. The Morgan fingerprint density at radius 3 is 2.63 bits per heavy atom. The minimum atomic E-state index is -0.504. The molecule has 1 aliphatic rings. The summed E-state index contributed by atoms with van der Waals surface area (Å²) in [4.78, 5) is 35.6. The summed E-state index contributed by atoms with van der Waals surface area (Å²) in [6.45, 7) is 4.18. The number of hydrogen-bond acceptors (Lipinski definition) is 6. The minimum Gasteiger partial charge on any atom is -0.494 e. The fraction of sp³-hybridized carbons (Fsp3) is 0.381. The van der Waals surface area contributed by atoms with Crippen LogP contribution in [-0.2, 0) is 22.6 Å². The highest BCUT2D eigenvalue weighted by molar-refractivity contribution is 5.94. The molecule has 0 bridgehead atoms. The lowest BCUT2D eigenvalue weighted by atomic mass is 10.1. The molecule has 0 saturated carbocycles. The second-order valence-corrected chi connectivity index (χ2v) is 6.85. The molecule has 30 heavy (non-hydrogen) atoms. The molecule has 1 aromatic heterocycles. The molecule has 0 aliphatic carbocycles. The summed E-state index contributed by atoms with van der Waals surface area (Å²) in [5.74, 6) is 0.266. The van der Waals surface area contributed by atoms with Gasteiger partial charge < -0.3 is 29.8 Å². The van der Waals surface area contributed by atoms with Crippen LogP contribution in [0.25, 0.3) is 0 Å². The monoisotopic (exact) mass is 415 g/mol. The van der Waals surface area contributed by atoms with E-state index in [-0.39, 0.29) is 37.4 Å². The summed E-state index contributed by atoms with van der Waals surface area (Å²) < 4.78 is 16.4. The fourth-order valence-corrected chi connectivity index (χ4v) is 3.06. The predicted molar refractivity (Wildman–Crippen MR) is 107 cm³/mol. The molecule has 0 radical (unpaired) electrons. The zero-order valence-corrected chi connectivity index (χ0v) is 16.9. The van der Waals surface area contributed by atoms with Crippen LogP contribution < -0.4 is 25.4 Å². The van der Waals surface area contributed by atoms with Gasteiger partial charge in [-0.2, -0.15) is 0 Å². The third-order valence-corrected chi connectivity index (χ3v) is 4.46. The molecule has 160 valence electrons. The lowest BCUT2D eigenvalue weighted by molar-refractivity contribution is -0.125. The standard InChI is InChI=1S/C21H25N3O6/c1-3-28-17-8-14-7-13(2)30-18(14)9-15(17)10-22-19(25)11-23-20(26)12-24-21(27)16-5-4-6-29-16/h4-6,8-9,13H,3,7,10-12H2,1-2H3,(H,22,25)(H,23,26)(H,24,27). The normalized spacial score (nSPS) is 14.4. The SMILES string of the molecule is CCOc1cc2c(cc1CNC(=O)CNC(=O)CNC(=O)c1ccco1)OC(C)C2. The van der Waals surface area contributed by atoms with E-state index in [0.717, 1.165) is 23.3 Å². The highest BCUT2D eigenvalue weighted by Gasteiger charge is 2.22. The van der Waals surface area contributed by atoms with Crippen molar-refractivity contribution < 1.29 is 28.3 Å². The molecule has 1 unspecified atom stereocenters. The van der Waals surface area contributed by atoms with Crippen molar-refractivity contribution in [2.45, 2.75) is 32.9 Å². The zero-order chi connectivity index (χ0) is 21.5. The maximum Gasteiger partial charge on any atom is 0.287 e. The number of nitrogens with one attached hydrogen (secondary N) is 3. The minimum absolute atomic E-state index is 0.110. The lowest BCUT2D eigenvalue weighted by Crippen LogP contribution is -2.41. The predicted octanol–water partition coefficient (Wildman–Crippen LogP) is 1.16. The Balaban J connectivity index is 1.45. The van der Waals surface area contributed by atoms with Gasteiger partial charge in [-0.25, -0.2) is 0 Å². The summed E-state index contributed by atoms with van der Waals surface area (Å²) in [5, 5.41) is 7.61. The smallest absolute Gasteiger partial charge is 0.287 e. The number of carbonyl (C=O) groups is 3. The Morgan fingerprint density at radius 2 is 1.90 bits per heavy atom. The highest BCUT2D eigenvalue weighted by atomic mass is 16.5. The first-order chi connectivity index (χ1) is 14.5. The summed E-state index contributed by atoms with van der Waals surface area (Å²) in [7, 11) is 0. The lowest BCUT2D eigenvalue weighted by Gasteiger charge is -2.13. The summed E-state index contributed by atoms with van der Waals surface area (Å²) >= 11 is 0. The third-order valence-electron chi connectivity index (χ3n) is 4.46. The van der Waals surface area contributed by atoms with E-state index in [0.29, 0.717) is 12.4 Å². The molecule has 3 N–H and O–H groups in total. The van der Waals surface area contributed by atoms with Crippen LogP contribution in [0, 0.1) is 0 Å². The number of furan rings is 1. The maximum atomic E-state index is 12.1. The molecular formula is C21H25N3O6. The number of ether oxygens (including phenoxy) is 2. The largest absolute Gasteiger partial charge is 0.494 e. The number of fused-ring (bicyclic) bond motifs is 1. The number of rotatable bonds is 9. The van der Waals surface area contributed by atoms with Crippen molar-refractivity contribution in [3.8, 4) is 11.5 Å². The molecular weight excluding hydrogens is 390 g/mol. The molecule has 1 atom stereocenters. The number of benzene rings is 1. The van der Waals surface area contributed by atoms with Gasteiger partial charge in [-0.1, -0.05) is 0 Å². The van der Waals surface area contributed by atoms with Crippen LogP contribution >= 0.6 is 0 Å². The molecule has 3 rings (SSSR count). The first-order valence-electron chi connectivity index (χ1n) is 9.76. The molecule has 2 aromatic rings. The molecule has 0 spiro atoms. The van der Waals surface area contributed by atoms with E-state index in [1.807, 2.05) is 26.0 Å². The number of hydrogen-bond donors (Lipinski definition) is 3. The summed E-state index contributed by atoms with van der Waals surface area (Å²) in [5.41, 5.74) is 1.89. The van der Waals surface area contributed by atoms with Crippen molar-refractivity contribution in [3.63, 3.8) is 0 Å². The average molecular weight is 415 g/mol. The summed E-state index contributed by atoms with van der Waals surface area (Å²) in [6, 6.07) is 6.89. The van der Waals surface area contributed by atoms with Gasteiger partial charge in [0.2, 0.25) is 11.8 Å². The first kappa shape index (κ1) is 21.2. The van der Waals surface area contributed by atoms with Gasteiger partial charge in [0.15, 0.2) is 5.76 Å². The molecule has 9 heteroatoms. The van der Waals surface area contributed by atoms with Crippen LogP contribution in [0.2, 0.25) is 0 Å². The van der Waals surface area contributed by atoms with E-state index in [1.54, 1.807) is 6.07 Å². The van der Waals surface area contributed by atoms with Crippen molar-refractivity contribution in [2.24, 2.45) is 0 Å². The Hall–Kier alpha value is -3.49. The van der Waals surface area contributed by atoms with Crippen LogP contribution in [0.3, 0.4) is 0 Å². The maximum absolute atomic E-state index is 12.1. The fourth-order valence-electron chi connectivity index (χ4n) is 3.06. The zero-order valence-electron chi connectivity index (χ0n) is 16.9. The molecule has 3 amide bonds. The van der Waals surface area contributed by atoms with Crippen molar-refractivity contribution in [2.75, 3.05) is 19.7 Å². The average Bonchev–Trinajstić information content (AvgIpc) is 3.37. The van der Waals surface area contributed by atoms with Crippen molar-refractivity contribution >= 4 is 17.7 Å². The van der Waals surface area contributed by atoms with Crippen molar-refractivity contribution in [1.82, 2.24) is 16.0 Å². The van der Waals surface area contributed by atoms with Gasteiger partial charge >= 0.3 is 0 Å². The van der Waals surface area contributed by atoms with Crippen molar-refractivity contribution in [1.29, 1.82) is 0 Å². The molecule has 1 aromatic carbocycles. The molecule has 9 nitrogen and oxygen atoms in total. The summed E-state index contributed by atoms with van der Waals surface area (Å²) in [6.07, 6.45) is 2.30. The number of carbonyl (C=O) groups excluding carboxylic acids is 3. The van der Waals surface area contributed by atoms with Crippen molar-refractivity contribution in [3.05, 3.63) is 47.4 Å². The van der Waals surface area contributed by atoms with Crippen LogP contribution in [-0.4, -0.2) is 43.5 Å². The first-order valence-corrected chi connectivity index (χ1v) is 9.76. The van der Waals surface area contributed by atoms with E-state index in [4.69, 9.17) is 13.9 Å². The van der Waals surface area contributed by atoms with Gasteiger partial charge in [-0.15, -0.1) is 0 Å². The molecule has 1 aliphatic heterocycles. The van der Waals surface area contributed by atoms with E-state index in [2.05, 4.69) is 16.0 Å². The van der Waals surface area contributed by atoms with Gasteiger partial charge in [-0.05, 0) is 38.1 Å².